The van der Waals surface area contributed by atoms with Crippen LogP contribution in [0.4, 0.5) is 23.3 Å². The molecule has 4 rings (SSSR count). The summed E-state index contributed by atoms with van der Waals surface area (Å²) in [5.41, 5.74) is 3.44. The first kappa shape index (κ1) is 14.7. The van der Waals surface area contributed by atoms with Gasteiger partial charge in [0, 0.05) is 30.1 Å². The van der Waals surface area contributed by atoms with Crippen LogP contribution >= 0.6 is 0 Å². The largest absolute Gasteiger partial charge is 0.360 e. The Morgan fingerprint density at radius 2 is 1.96 bits per heavy atom. The van der Waals surface area contributed by atoms with E-state index in [4.69, 9.17) is 4.52 Å². The first-order chi connectivity index (χ1) is 11.7. The molecule has 0 aliphatic carbocycles. The number of fused-ring (bicyclic) bond motifs is 1. The number of benzene rings is 1. The molecular formula is C18H19N5O. The maximum Gasteiger partial charge on any atom is 0.232 e. The maximum atomic E-state index is 5.09. The van der Waals surface area contributed by atoms with Crippen LogP contribution in [0.5, 0.6) is 0 Å². The summed E-state index contributed by atoms with van der Waals surface area (Å²) < 4.78 is 5.09. The molecule has 0 spiro atoms. The standard InChI is InChI=1S/C18H19N5O/c1-12-10-16(20-17-11-13(2)24-22-17)21-18(19-12)23-9-5-7-14-6-3-4-8-15(14)23/h3-4,6,8,10-11H,5,7,9H2,1-2H3,(H,19,20,21,22). The molecule has 1 aliphatic heterocycles. The highest BCUT2D eigenvalue weighted by Gasteiger charge is 2.20. The van der Waals surface area contributed by atoms with E-state index < -0.39 is 0 Å². The van der Waals surface area contributed by atoms with Crippen molar-refractivity contribution < 1.29 is 4.52 Å². The second-order valence-electron chi connectivity index (χ2n) is 6.03. The van der Waals surface area contributed by atoms with Crippen LogP contribution in [0, 0.1) is 13.8 Å². The van der Waals surface area contributed by atoms with Gasteiger partial charge in [0.05, 0.1) is 0 Å². The second-order valence-corrected chi connectivity index (χ2v) is 6.03. The van der Waals surface area contributed by atoms with E-state index >= 15 is 0 Å². The minimum Gasteiger partial charge on any atom is -0.360 e. The minimum atomic E-state index is 0.649. The maximum absolute atomic E-state index is 5.09. The fraction of sp³-hybridized carbons (Fsp3) is 0.278. The van der Waals surface area contributed by atoms with E-state index in [1.807, 2.05) is 26.0 Å². The highest BCUT2D eigenvalue weighted by molar-refractivity contribution is 5.65. The Labute approximate surface area is 140 Å². The monoisotopic (exact) mass is 321 g/mol. The van der Waals surface area contributed by atoms with Gasteiger partial charge < -0.3 is 14.7 Å². The molecule has 0 saturated carbocycles. The lowest BCUT2D eigenvalue weighted by Gasteiger charge is -2.29. The van der Waals surface area contributed by atoms with Gasteiger partial charge in [0.1, 0.15) is 11.6 Å². The fourth-order valence-corrected chi connectivity index (χ4v) is 3.04. The first-order valence-corrected chi connectivity index (χ1v) is 8.10. The van der Waals surface area contributed by atoms with Crippen LogP contribution in [0.15, 0.2) is 40.9 Å². The molecular weight excluding hydrogens is 302 g/mol. The SMILES string of the molecule is Cc1cc(Nc2cc(C)on2)nc(N2CCCc3ccccc32)n1. The van der Waals surface area contributed by atoms with Crippen molar-refractivity contribution in [2.75, 3.05) is 16.8 Å². The summed E-state index contributed by atoms with van der Waals surface area (Å²) in [7, 11) is 0. The Morgan fingerprint density at radius 3 is 2.79 bits per heavy atom. The van der Waals surface area contributed by atoms with E-state index in [0.29, 0.717) is 17.6 Å². The second kappa shape index (κ2) is 5.96. The van der Waals surface area contributed by atoms with Crippen molar-refractivity contribution in [3.8, 4) is 0 Å². The summed E-state index contributed by atoms with van der Waals surface area (Å²) in [6, 6.07) is 12.2. The summed E-state index contributed by atoms with van der Waals surface area (Å²) in [5.74, 6) is 2.84. The first-order valence-electron chi connectivity index (χ1n) is 8.10. The Balaban J connectivity index is 1.69. The van der Waals surface area contributed by atoms with Crippen LogP contribution in [-0.4, -0.2) is 21.7 Å². The average Bonchev–Trinajstić information content (AvgIpc) is 2.98. The number of aryl methyl sites for hydroxylation is 3. The molecule has 0 bridgehead atoms. The van der Waals surface area contributed by atoms with E-state index in [9.17, 15) is 0 Å². The smallest absolute Gasteiger partial charge is 0.232 e. The molecule has 1 aromatic carbocycles. The van der Waals surface area contributed by atoms with E-state index in [1.54, 1.807) is 0 Å². The van der Waals surface area contributed by atoms with Gasteiger partial charge in [0.15, 0.2) is 5.82 Å². The Morgan fingerprint density at radius 1 is 1.08 bits per heavy atom. The Hall–Kier alpha value is -2.89. The quantitative estimate of drug-likeness (QED) is 0.789. The molecule has 1 N–H and O–H groups in total. The van der Waals surface area contributed by atoms with E-state index in [-0.39, 0.29) is 0 Å². The molecule has 0 saturated heterocycles. The molecule has 122 valence electrons. The predicted molar refractivity (Wildman–Crippen MR) is 93.1 cm³/mol. The number of para-hydroxylation sites is 1. The average molecular weight is 321 g/mol. The number of nitrogens with zero attached hydrogens (tertiary/aromatic N) is 4. The molecule has 6 nitrogen and oxygen atoms in total. The highest BCUT2D eigenvalue weighted by Crippen LogP contribution is 2.32. The topological polar surface area (TPSA) is 67.1 Å². The molecule has 0 unspecified atom stereocenters. The Bertz CT molecular complexity index is 873. The molecule has 0 fully saturated rings. The molecule has 1 aliphatic rings. The molecule has 0 atom stereocenters. The zero-order valence-corrected chi connectivity index (χ0v) is 13.8. The molecule has 6 heteroatoms. The van der Waals surface area contributed by atoms with Gasteiger partial charge in [0.2, 0.25) is 5.95 Å². The van der Waals surface area contributed by atoms with Gasteiger partial charge in [-0.3, -0.25) is 0 Å². The number of anilines is 4. The van der Waals surface area contributed by atoms with Crippen molar-refractivity contribution in [3.05, 3.63) is 53.4 Å². The number of rotatable bonds is 3. The summed E-state index contributed by atoms with van der Waals surface area (Å²) in [4.78, 5) is 11.5. The van der Waals surface area contributed by atoms with Gasteiger partial charge in [-0.2, -0.15) is 4.98 Å². The van der Waals surface area contributed by atoms with Crippen molar-refractivity contribution >= 4 is 23.3 Å². The van der Waals surface area contributed by atoms with E-state index in [2.05, 4.69) is 49.6 Å². The number of aromatic nitrogens is 3. The van der Waals surface area contributed by atoms with Gasteiger partial charge in [-0.25, -0.2) is 4.98 Å². The van der Waals surface area contributed by atoms with Gasteiger partial charge in [-0.05, 0) is 38.3 Å². The minimum absolute atomic E-state index is 0.649. The number of nitrogens with one attached hydrogen (secondary N) is 1. The van der Waals surface area contributed by atoms with Crippen molar-refractivity contribution in [3.63, 3.8) is 0 Å². The number of hydrogen-bond donors (Lipinski definition) is 1. The molecule has 3 aromatic rings. The zero-order chi connectivity index (χ0) is 16.5. The molecule has 3 heterocycles. The summed E-state index contributed by atoms with van der Waals surface area (Å²) in [6.07, 6.45) is 2.20. The Kier molecular flexibility index (Phi) is 3.65. The predicted octanol–water partition coefficient (Wildman–Crippen LogP) is 3.91. The van der Waals surface area contributed by atoms with Crippen LogP contribution in [0.25, 0.3) is 0 Å². The lowest BCUT2D eigenvalue weighted by Crippen LogP contribution is -2.26. The van der Waals surface area contributed by atoms with E-state index in [0.717, 1.165) is 30.8 Å². The molecule has 2 aromatic heterocycles. The molecule has 24 heavy (non-hydrogen) atoms. The zero-order valence-electron chi connectivity index (χ0n) is 13.8. The lowest BCUT2D eigenvalue weighted by atomic mass is 10.0. The van der Waals surface area contributed by atoms with Crippen LogP contribution in [0.1, 0.15) is 23.4 Å². The van der Waals surface area contributed by atoms with Gasteiger partial charge in [0.25, 0.3) is 0 Å². The highest BCUT2D eigenvalue weighted by atomic mass is 16.5. The van der Waals surface area contributed by atoms with Crippen LogP contribution in [-0.2, 0) is 6.42 Å². The van der Waals surface area contributed by atoms with Crippen molar-refractivity contribution in [2.45, 2.75) is 26.7 Å². The summed E-state index contributed by atoms with van der Waals surface area (Å²) in [5, 5.41) is 7.15. The molecule has 0 amide bonds. The van der Waals surface area contributed by atoms with Crippen LogP contribution < -0.4 is 10.2 Å². The van der Waals surface area contributed by atoms with Crippen molar-refractivity contribution in [2.24, 2.45) is 0 Å². The van der Waals surface area contributed by atoms with E-state index in [1.165, 1.54) is 11.3 Å². The third-order valence-corrected chi connectivity index (χ3v) is 4.08. The third-order valence-electron chi connectivity index (χ3n) is 4.08. The van der Waals surface area contributed by atoms with Crippen LogP contribution in [0.3, 0.4) is 0 Å². The normalized spacial score (nSPS) is 13.7. The molecule has 0 radical (unpaired) electrons. The van der Waals surface area contributed by atoms with Crippen molar-refractivity contribution in [1.82, 2.24) is 15.1 Å². The van der Waals surface area contributed by atoms with Gasteiger partial charge >= 0.3 is 0 Å². The lowest BCUT2D eigenvalue weighted by molar-refractivity contribution is 0.400. The summed E-state index contributed by atoms with van der Waals surface area (Å²) in [6.45, 7) is 4.75. The third kappa shape index (κ3) is 2.82. The van der Waals surface area contributed by atoms with Gasteiger partial charge in [-0.15, -0.1) is 0 Å². The number of hydrogen-bond acceptors (Lipinski definition) is 6. The van der Waals surface area contributed by atoms with Gasteiger partial charge in [-0.1, -0.05) is 23.4 Å². The fourth-order valence-electron chi connectivity index (χ4n) is 3.04. The summed E-state index contributed by atoms with van der Waals surface area (Å²) >= 11 is 0. The van der Waals surface area contributed by atoms with Crippen LogP contribution in [0.2, 0.25) is 0 Å². The van der Waals surface area contributed by atoms with Crippen molar-refractivity contribution in [1.29, 1.82) is 0 Å².